The number of carbonyl (C=O) groups is 1. The molecule has 1 atom stereocenters. The summed E-state index contributed by atoms with van der Waals surface area (Å²) < 4.78 is 0. The predicted octanol–water partition coefficient (Wildman–Crippen LogP) is 3.28. The van der Waals surface area contributed by atoms with Gasteiger partial charge < -0.3 is 15.1 Å². The fourth-order valence-electron chi connectivity index (χ4n) is 2.82. The average molecular weight is 340 g/mol. The second kappa shape index (κ2) is 9.18. The highest BCUT2D eigenvalue weighted by Gasteiger charge is 2.19. The summed E-state index contributed by atoms with van der Waals surface area (Å²) in [5.74, 6) is 0. The molecule has 134 valence electrons. The van der Waals surface area contributed by atoms with Crippen LogP contribution in [0.1, 0.15) is 36.6 Å². The first kappa shape index (κ1) is 18.9. The van der Waals surface area contributed by atoms with Gasteiger partial charge in [-0.25, -0.2) is 4.79 Å². The van der Waals surface area contributed by atoms with Gasteiger partial charge in [0, 0.05) is 32.0 Å². The van der Waals surface area contributed by atoms with Crippen molar-refractivity contribution in [2.24, 2.45) is 0 Å². The number of carbonyl (C=O) groups excluding carboxylic acids is 1. The van der Waals surface area contributed by atoms with E-state index in [1.807, 2.05) is 26.0 Å². The molecule has 2 aromatic rings. The second-order valence-corrected chi connectivity index (χ2v) is 6.31. The molecule has 5 nitrogen and oxygen atoms in total. The van der Waals surface area contributed by atoms with E-state index in [0.717, 1.165) is 17.7 Å². The Balaban J connectivity index is 2.27. The molecule has 0 saturated heterocycles. The van der Waals surface area contributed by atoms with Crippen LogP contribution in [0.3, 0.4) is 0 Å². The Labute approximate surface area is 150 Å². The third kappa shape index (κ3) is 5.29. The van der Waals surface area contributed by atoms with Crippen LogP contribution in [0.2, 0.25) is 0 Å². The lowest BCUT2D eigenvalue weighted by atomic mass is 9.98. The van der Waals surface area contributed by atoms with Crippen molar-refractivity contribution in [1.29, 1.82) is 0 Å². The first-order valence-corrected chi connectivity index (χ1v) is 8.74. The van der Waals surface area contributed by atoms with Gasteiger partial charge in [-0.05, 0) is 56.8 Å². The molecule has 0 radical (unpaired) electrons. The molecule has 1 aromatic heterocycles. The van der Waals surface area contributed by atoms with Crippen molar-refractivity contribution in [3.63, 3.8) is 0 Å². The number of nitrogens with one attached hydrogen (secondary N) is 1. The van der Waals surface area contributed by atoms with Gasteiger partial charge in [0.15, 0.2) is 0 Å². The average Bonchev–Trinajstić information content (AvgIpc) is 2.62. The zero-order chi connectivity index (χ0) is 18.2. The Bertz CT molecular complexity index is 651. The second-order valence-electron chi connectivity index (χ2n) is 6.31. The maximum absolute atomic E-state index is 12.6. The number of pyridine rings is 1. The summed E-state index contributed by atoms with van der Waals surface area (Å²) in [6.07, 6.45) is 3.51. The van der Waals surface area contributed by atoms with Crippen LogP contribution in [0.15, 0.2) is 48.8 Å². The molecule has 0 aliphatic carbocycles. The van der Waals surface area contributed by atoms with E-state index >= 15 is 0 Å². The zero-order valence-electron chi connectivity index (χ0n) is 15.6. The third-order valence-corrected chi connectivity index (χ3v) is 4.17. The van der Waals surface area contributed by atoms with E-state index in [2.05, 4.69) is 53.6 Å². The Morgan fingerprint density at radius 3 is 2.08 bits per heavy atom. The number of urea groups is 1. The van der Waals surface area contributed by atoms with Gasteiger partial charge in [0.05, 0.1) is 6.04 Å². The molecule has 0 saturated carbocycles. The third-order valence-electron chi connectivity index (χ3n) is 4.17. The lowest BCUT2D eigenvalue weighted by Crippen LogP contribution is -2.41. The molecule has 1 unspecified atom stereocenters. The van der Waals surface area contributed by atoms with E-state index in [0.29, 0.717) is 13.1 Å². The lowest BCUT2D eigenvalue weighted by Gasteiger charge is -2.25. The normalized spacial score (nSPS) is 12.0. The SMILES string of the molecule is CCN(CC)C(=O)NC(c1ccncc1)c1ccc(CN(C)C)cc1. The molecule has 1 aromatic carbocycles. The van der Waals surface area contributed by atoms with Crippen molar-refractivity contribution in [3.05, 3.63) is 65.5 Å². The Kier molecular flexibility index (Phi) is 6.95. The highest BCUT2D eigenvalue weighted by molar-refractivity contribution is 5.75. The number of nitrogens with zero attached hydrogens (tertiary/aromatic N) is 3. The molecule has 0 spiro atoms. The van der Waals surface area contributed by atoms with Crippen molar-refractivity contribution in [2.45, 2.75) is 26.4 Å². The van der Waals surface area contributed by atoms with Crippen LogP contribution in [0.4, 0.5) is 4.79 Å². The highest BCUT2D eigenvalue weighted by atomic mass is 16.2. The number of hydrogen-bond donors (Lipinski definition) is 1. The summed E-state index contributed by atoms with van der Waals surface area (Å²) in [5.41, 5.74) is 3.34. The first-order valence-electron chi connectivity index (χ1n) is 8.74. The molecular formula is C20H28N4O. The summed E-state index contributed by atoms with van der Waals surface area (Å²) in [7, 11) is 4.11. The molecule has 0 bridgehead atoms. The van der Waals surface area contributed by atoms with E-state index in [9.17, 15) is 4.79 Å². The van der Waals surface area contributed by atoms with Gasteiger partial charge in [0.1, 0.15) is 0 Å². The standard InChI is InChI=1S/C20H28N4O/c1-5-24(6-2)20(25)22-19(18-11-13-21-14-12-18)17-9-7-16(8-10-17)15-23(3)4/h7-14,19H,5-6,15H2,1-4H3,(H,22,25). The largest absolute Gasteiger partial charge is 0.327 e. The van der Waals surface area contributed by atoms with Crippen LogP contribution in [-0.4, -0.2) is 48.0 Å². The Morgan fingerprint density at radius 2 is 1.56 bits per heavy atom. The topological polar surface area (TPSA) is 48.5 Å². The number of hydrogen-bond acceptors (Lipinski definition) is 3. The smallest absolute Gasteiger partial charge is 0.318 e. The van der Waals surface area contributed by atoms with Gasteiger partial charge in [0.2, 0.25) is 0 Å². The minimum atomic E-state index is -0.190. The minimum absolute atomic E-state index is 0.0517. The van der Waals surface area contributed by atoms with Gasteiger partial charge >= 0.3 is 6.03 Å². The maximum atomic E-state index is 12.6. The maximum Gasteiger partial charge on any atom is 0.318 e. The van der Waals surface area contributed by atoms with Gasteiger partial charge in [-0.15, -0.1) is 0 Å². The van der Waals surface area contributed by atoms with Gasteiger partial charge in [0.25, 0.3) is 0 Å². The Morgan fingerprint density at radius 1 is 1.00 bits per heavy atom. The van der Waals surface area contributed by atoms with E-state index in [4.69, 9.17) is 0 Å². The van der Waals surface area contributed by atoms with E-state index < -0.39 is 0 Å². The molecular weight excluding hydrogens is 312 g/mol. The number of aromatic nitrogens is 1. The number of amides is 2. The molecule has 25 heavy (non-hydrogen) atoms. The van der Waals surface area contributed by atoms with E-state index in [1.54, 1.807) is 17.3 Å². The predicted molar refractivity (Wildman–Crippen MR) is 101 cm³/mol. The van der Waals surface area contributed by atoms with E-state index in [1.165, 1.54) is 5.56 Å². The molecule has 0 fully saturated rings. The zero-order valence-corrected chi connectivity index (χ0v) is 15.6. The first-order chi connectivity index (χ1) is 12.0. The fourth-order valence-corrected chi connectivity index (χ4v) is 2.82. The fraction of sp³-hybridized carbons (Fsp3) is 0.400. The van der Waals surface area contributed by atoms with Crippen LogP contribution < -0.4 is 5.32 Å². The minimum Gasteiger partial charge on any atom is -0.327 e. The molecule has 2 rings (SSSR count). The van der Waals surface area contributed by atoms with Crippen molar-refractivity contribution in [3.8, 4) is 0 Å². The Hall–Kier alpha value is -2.40. The molecule has 5 heteroatoms. The molecule has 0 aliphatic heterocycles. The number of rotatable bonds is 7. The van der Waals surface area contributed by atoms with Gasteiger partial charge in [-0.3, -0.25) is 4.98 Å². The monoisotopic (exact) mass is 340 g/mol. The van der Waals surface area contributed by atoms with Crippen LogP contribution in [-0.2, 0) is 6.54 Å². The summed E-state index contributed by atoms with van der Waals surface area (Å²) in [4.78, 5) is 20.6. The molecule has 1 N–H and O–H groups in total. The van der Waals surface area contributed by atoms with Gasteiger partial charge in [-0.1, -0.05) is 24.3 Å². The summed E-state index contributed by atoms with van der Waals surface area (Å²) in [6.45, 7) is 6.24. The van der Waals surface area contributed by atoms with Crippen molar-refractivity contribution in [1.82, 2.24) is 20.1 Å². The highest BCUT2D eigenvalue weighted by Crippen LogP contribution is 2.22. The van der Waals surface area contributed by atoms with Crippen molar-refractivity contribution in [2.75, 3.05) is 27.2 Å². The molecule has 0 aliphatic rings. The summed E-state index contributed by atoms with van der Waals surface area (Å²) in [5, 5.41) is 3.16. The quantitative estimate of drug-likeness (QED) is 0.841. The molecule has 1 heterocycles. The van der Waals surface area contributed by atoms with Crippen LogP contribution in [0.25, 0.3) is 0 Å². The van der Waals surface area contributed by atoms with Crippen LogP contribution >= 0.6 is 0 Å². The van der Waals surface area contributed by atoms with E-state index in [-0.39, 0.29) is 12.1 Å². The van der Waals surface area contributed by atoms with Gasteiger partial charge in [-0.2, -0.15) is 0 Å². The van der Waals surface area contributed by atoms with Crippen LogP contribution in [0.5, 0.6) is 0 Å². The number of benzene rings is 1. The molecule has 2 amide bonds. The van der Waals surface area contributed by atoms with Crippen LogP contribution in [0, 0.1) is 0 Å². The lowest BCUT2D eigenvalue weighted by molar-refractivity contribution is 0.201. The van der Waals surface area contributed by atoms with Crippen molar-refractivity contribution >= 4 is 6.03 Å². The summed E-state index contributed by atoms with van der Waals surface area (Å²) >= 11 is 0. The van der Waals surface area contributed by atoms with Crippen molar-refractivity contribution < 1.29 is 4.79 Å². The summed E-state index contributed by atoms with van der Waals surface area (Å²) in [6, 6.07) is 12.1.